The molecule has 1 aliphatic rings. The van der Waals surface area contributed by atoms with Crippen molar-refractivity contribution in [1.82, 2.24) is 9.80 Å². The third-order valence-corrected chi connectivity index (χ3v) is 4.78. The van der Waals surface area contributed by atoms with E-state index in [1.54, 1.807) is 24.3 Å². The lowest BCUT2D eigenvalue weighted by Gasteiger charge is -2.22. The van der Waals surface area contributed by atoms with E-state index in [4.69, 9.17) is 15.3 Å². The fourth-order valence-electron chi connectivity index (χ4n) is 3.18. The van der Waals surface area contributed by atoms with Gasteiger partial charge >= 0.3 is 0 Å². The summed E-state index contributed by atoms with van der Waals surface area (Å²) in [6.45, 7) is 3.95. The van der Waals surface area contributed by atoms with Crippen molar-refractivity contribution in [2.45, 2.75) is 13.0 Å². The van der Waals surface area contributed by atoms with Gasteiger partial charge in [-0.3, -0.25) is 9.69 Å². The quantitative estimate of drug-likeness (QED) is 0.803. The van der Waals surface area contributed by atoms with Crippen molar-refractivity contribution in [1.29, 1.82) is 10.5 Å². The van der Waals surface area contributed by atoms with Crippen LogP contribution in [0.4, 0.5) is 0 Å². The average Bonchev–Trinajstić information content (AvgIpc) is 2.98. The summed E-state index contributed by atoms with van der Waals surface area (Å²) < 4.78 is 5.57. The molecule has 1 heterocycles. The highest BCUT2D eigenvalue weighted by Gasteiger charge is 2.19. The van der Waals surface area contributed by atoms with Crippen LogP contribution in [0.25, 0.3) is 0 Å². The third kappa shape index (κ3) is 5.33. The lowest BCUT2D eigenvalue weighted by Crippen LogP contribution is -2.38. The molecule has 1 amide bonds. The Morgan fingerprint density at radius 2 is 1.54 bits per heavy atom. The first-order valence-corrected chi connectivity index (χ1v) is 9.30. The van der Waals surface area contributed by atoms with Gasteiger partial charge in [0, 0.05) is 32.7 Å². The molecule has 0 aromatic heterocycles. The predicted octanol–water partition coefficient (Wildman–Crippen LogP) is 2.54. The largest absolute Gasteiger partial charge is 0.484 e. The summed E-state index contributed by atoms with van der Waals surface area (Å²) in [5.74, 6) is 0.564. The highest BCUT2D eigenvalue weighted by molar-refractivity contribution is 5.77. The molecule has 1 aliphatic heterocycles. The second-order valence-corrected chi connectivity index (χ2v) is 6.74. The first-order valence-electron chi connectivity index (χ1n) is 9.30. The molecule has 0 radical (unpaired) electrons. The second kappa shape index (κ2) is 9.55. The monoisotopic (exact) mass is 374 g/mol. The molecular formula is C22H22N4O2. The van der Waals surface area contributed by atoms with Crippen molar-refractivity contribution in [3.8, 4) is 17.9 Å². The molecule has 1 saturated heterocycles. The fourth-order valence-corrected chi connectivity index (χ4v) is 3.18. The van der Waals surface area contributed by atoms with Gasteiger partial charge in [0.15, 0.2) is 6.61 Å². The normalized spacial score (nSPS) is 14.6. The Morgan fingerprint density at radius 3 is 2.18 bits per heavy atom. The number of benzene rings is 2. The molecule has 0 aliphatic carbocycles. The zero-order valence-electron chi connectivity index (χ0n) is 15.7. The van der Waals surface area contributed by atoms with Crippen molar-refractivity contribution in [3.05, 3.63) is 65.2 Å². The SMILES string of the molecule is N#Cc1ccc(CN2CCCN(C(=O)COc3ccc(C#N)cc3)CC2)cc1. The smallest absolute Gasteiger partial charge is 0.260 e. The maximum atomic E-state index is 12.5. The van der Waals surface area contributed by atoms with E-state index in [2.05, 4.69) is 17.0 Å². The highest BCUT2D eigenvalue weighted by atomic mass is 16.5. The number of carbonyl (C=O) groups is 1. The van der Waals surface area contributed by atoms with Gasteiger partial charge in [0.05, 0.1) is 23.3 Å². The number of ether oxygens (including phenoxy) is 1. The van der Waals surface area contributed by atoms with Crippen molar-refractivity contribution in [2.75, 3.05) is 32.8 Å². The van der Waals surface area contributed by atoms with Crippen LogP contribution in [0.2, 0.25) is 0 Å². The molecule has 0 unspecified atom stereocenters. The van der Waals surface area contributed by atoms with Crippen LogP contribution < -0.4 is 4.74 Å². The summed E-state index contributed by atoms with van der Waals surface area (Å²) in [6.07, 6.45) is 0.916. The molecule has 0 bridgehead atoms. The van der Waals surface area contributed by atoms with Gasteiger partial charge in [-0.1, -0.05) is 12.1 Å². The standard InChI is InChI=1S/C22H22N4O2/c23-14-18-2-4-20(5-3-18)16-25-10-1-11-26(13-12-25)22(27)17-28-21-8-6-19(15-24)7-9-21/h2-9H,1,10-13,16-17H2. The van der Waals surface area contributed by atoms with Crippen LogP contribution in [0.3, 0.4) is 0 Å². The van der Waals surface area contributed by atoms with Crippen LogP contribution >= 0.6 is 0 Å². The van der Waals surface area contributed by atoms with Crippen LogP contribution in [0, 0.1) is 22.7 Å². The summed E-state index contributed by atoms with van der Waals surface area (Å²) in [6, 6.07) is 18.6. The van der Waals surface area contributed by atoms with E-state index in [0.29, 0.717) is 23.4 Å². The van der Waals surface area contributed by atoms with Gasteiger partial charge in [0.2, 0.25) is 0 Å². The number of hydrogen-bond donors (Lipinski definition) is 0. The number of amides is 1. The van der Waals surface area contributed by atoms with E-state index in [1.807, 2.05) is 29.2 Å². The number of carbonyl (C=O) groups excluding carboxylic acids is 1. The molecule has 0 saturated carbocycles. The number of rotatable bonds is 5. The molecule has 0 spiro atoms. The van der Waals surface area contributed by atoms with Gasteiger partial charge in [-0.05, 0) is 48.4 Å². The average molecular weight is 374 g/mol. The summed E-state index contributed by atoms with van der Waals surface area (Å²) in [5.41, 5.74) is 2.40. The molecule has 3 rings (SSSR count). The van der Waals surface area contributed by atoms with Gasteiger partial charge in [-0.25, -0.2) is 0 Å². The van der Waals surface area contributed by atoms with E-state index < -0.39 is 0 Å². The number of hydrogen-bond acceptors (Lipinski definition) is 5. The maximum Gasteiger partial charge on any atom is 0.260 e. The van der Waals surface area contributed by atoms with Crippen LogP contribution in [-0.2, 0) is 11.3 Å². The molecule has 2 aromatic carbocycles. The van der Waals surface area contributed by atoms with Crippen molar-refractivity contribution >= 4 is 5.91 Å². The van der Waals surface area contributed by atoms with Crippen LogP contribution in [0.1, 0.15) is 23.1 Å². The zero-order valence-corrected chi connectivity index (χ0v) is 15.7. The van der Waals surface area contributed by atoms with Crippen molar-refractivity contribution in [3.63, 3.8) is 0 Å². The zero-order chi connectivity index (χ0) is 19.8. The van der Waals surface area contributed by atoms with E-state index in [-0.39, 0.29) is 12.5 Å². The van der Waals surface area contributed by atoms with Gasteiger partial charge in [-0.2, -0.15) is 10.5 Å². The maximum absolute atomic E-state index is 12.5. The number of nitriles is 2. The van der Waals surface area contributed by atoms with Gasteiger partial charge in [0.1, 0.15) is 5.75 Å². The minimum Gasteiger partial charge on any atom is -0.484 e. The molecule has 0 atom stereocenters. The Kier molecular flexibility index (Phi) is 6.62. The summed E-state index contributed by atoms with van der Waals surface area (Å²) in [7, 11) is 0. The molecule has 1 fully saturated rings. The number of nitrogens with zero attached hydrogens (tertiary/aromatic N) is 4. The Bertz CT molecular complexity index is 879. The summed E-state index contributed by atoms with van der Waals surface area (Å²) >= 11 is 0. The second-order valence-electron chi connectivity index (χ2n) is 6.74. The Labute approximate surface area is 165 Å². The topological polar surface area (TPSA) is 80.4 Å². The lowest BCUT2D eigenvalue weighted by molar-refractivity contribution is -0.133. The van der Waals surface area contributed by atoms with E-state index in [9.17, 15) is 4.79 Å². The fraction of sp³-hybridized carbons (Fsp3) is 0.318. The first kappa shape index (κ1) is 19.4. The molecule has 6 heteroatoms. The third-order valence-electron chi connectivity index (χ3n) is 4.78. The first-order chi connectivity index (χ1) is 13.7. The van der Waals surface area contributed by atoms with Crippen LogP contribution in [0.5, 0.6) is 5.75 Å². The highest BCUT2D eigenvalue weighted by Crippen LogP contribution is 2.13. The van der Waals surface area contributed by atoms with Crippen LogP contribution in [0.15, 0.2) is 48.5 Å². The van der Waals surface area contributed by atoms with Gasteiger partial charge in [-0.15, -0.1) is 0 Å². The Morgan fingerprint density at radius 1 is 0.893 bits per heavy atom. The molecule has 2 aromatic rings. The molecule has 142 valence electrons. The molecule has 0 N–H and O–H groups in total. The van der Waals surface area contributed by atoms with Crippen molar-refractivity contribution < 1.29 is 9.53 Å². The molecule has 28 heavy (non-hydrogen) atoms. The van der Waals surface area contributed by atoms with Crippen molar-refractivity contribution in [2.24, 2.45) is 0 Å². The van der Waals surface area contributed by atoms with Crippen LogP contribution in [-0.4, -0.2) is 48.5 Å². The molecule has 6 nitrogen and oxygen atoms in total. The minimum absolute atomic E-state index is 0.00151. The van der Waals surface area contributed by atoms with E-state index in [1.165, 1.54) is 5.56 Å². The van der Waals surface area contributed by atoms with E-state index in [0.717, 1.165) is 32.6 Å². The van der Waals surface area contributed by atoms with Gasteiger partial charge < -0.3 is 9.64 Å². The van der Waals surface area contributed by atoms with Gasteiger partial charge in [0.25, 0.3) is 5.91 Å². The Hall–Kier alpha value is -3.35. The van der Waals surface area contributed by atoms with E-state index >= 15 is 0 Å². The summed E-state index contributed by atoms with van der Waals surface area (Å²) in [5, 5.41) is 17.7. The predicted molar refractivity (Wildman–Crippen MR) is 104 cm³/mol. The Balaban J connectivity index is 1.47. The lowest BCUT2D eigenvalue weighted by atomic mass is 10.1. The molecular weight excluding hydrogens is 352 g/mol. The minimum atomic E-state index is -0.0235. The summed E-state index contributed by atoms with van der Waals surface area (Å²) in [4.78, 5) is 16.7.